The van der Waals surface area contributed by atoms with E-state index in [2.05, 4.69) is 17.4 Å². The smallest absolute Gasteiger partial charge is 0.208 e. The van der Waals surface area contributed by atoms with Crippen LogP contribution in [0.4, 0.5) is 0 Å². The van der Waals surface area contributed by atoms with Gasteiger partial charge in [0.25, 0.3) is 0 Å². The Balaban J connectivity index is 2.34. The van der Waals surface area contributed by atoms with Gasteiger partial charge in [-0.25, -0.2) is 13.1 Å². The summed E-state index contributed by atoms with van der Waals surface area (Å²) in [6, 6.07) is 5.19. The monoisotopic (exact) mass is 243 g/mol. The highest BCUT2D eigenvalue weighted by molar-refractivity contribution is 7.89. The molecule has 1 aromatic carbocycles. The van der Waals surface area contributed by atoms with E-state index in [1.807, 2.05) is 0 Å². The zero-order valence-corrected chi connectivity index (χ0v) is 10.1. The minimum Gasteiger partial charge on any atom is -0.208 e. The Bertz CT molecular complexity index is 478. The molecule has 1 aliphatic carbocycles. The van der Waals surface area contributed by atoms with Crippen molar-refractivity contribution in [1.82, 2.24) is 4.72 Å². The summed E-state index contributed by atoms with van der Waals surface area (Å²) >= 11 is 4.16. The van der Waals surface area contributed by atoms with E-state index in [-0.39, 0.29) is 6.04 Å². The predicted molar refractivity (Wildman–Crippen MR) is 61.8 cm³/mol. The van der Waals surface area contributed by atoms with Crippen LogP contribution in [-0.4, -0.2) is 14.5 Å². The van der Waals surface area contributed by atoms with Crippen LogP contribution in [0.2, 0.25) is 0 Å². The Kier molecular flexibility index (Phi) is 2.79. The van der Waals surface area contributed by atoms with E-state index in [1.165, 1.54) is 0 Å². The van der Waals surface area contributed by atoms with Crippen molar-refractivity contribution in [2.75, 3.05) is 0 Å². The molecule has 1 fully saturated rings. The molecule has 15 heavy (non-hydrogen) atoms. The maximum atomic E-state index is 11.9. The van der Waals surface area contributed by atoms with Crippen molar-refractivity contribution in [3.05, 3.63) is 23.8 Å². The lowest BCUT2D eigenvalue weighted by Gasteiger charge is -2.08. The SMILES string of the molecule is Cc1cc(S)ccc1S(=O)(=O)NC1CC1. The summed E-state index contributed by atoms with van der Waals surface area (Å²) in [7, 11) is -3.33. The summed E-state index contributed by atoms with van der Waals surface area (Å²) in [5.74, 6) is 0. The van der Waals surface area contributed by atoms with Gasteiger partial charge in [0.2, 0.25) is 10.0 Å². The normalized spacial score (nSPS) is 16.7. The van der Waals surface area contributed by atoms with E-state index in [4.69, 9.17) is 0 Å². The van der Waals surface area contributed by atoms with E-state index in [1.54, 1.807) is 25.1 Å². The molecule has 1 N–H and O–H groups in total. The average molecular weight is 243 g/mol. The highest BCUT2D eigenvalue weighted by Crippen LogP contribution is 2.24. The fourth-order valence-electron chi connectivity index (χ4n) is 1.42. The van der Waals surface area contributed by atoms with Gasteiger partial charge in [-0.1, -0.05) is 0 Å². The summed E-state index contributed by atoms with van der Waals surface area (Å²) in [6.45, 7) is 1.78. The highest BCUT2D eigenvalue weighted by atomic mass is 32.2. The standard InChI is InChI=1S/C10H13NO2S2/c1-7-6-9(14)4-5-10(7)15(12,13)11-8-2-3-8/h4-6,8,11,14H,2-3H2,1H3. The number of nitrogens with one attached hydrogen (secondary N) is 1. The van der Waals surface area contributed by atoms with E-state index in [0.29, 0.717) is 4.90 Å². The first kappa shape index (κ1) is 11.0. The first-order valence-corrected chi connectivity index (χ1v) is 6.74. The first-order valence-electron chi connectivity index (χ1n) is 4.81. The van der Waals surface area contributed by atoms with E-state index in [9.17, 15) is 8.42 Å². The number of hydrogen-bond donors (Lipinski definition) is 2. The van der Waals surface area contributed by atoms with Crippen LogP contribution in [0.25, 0.3) is 0 Å². The Morgan fingerprint density at radius 1 is 1.40 bits per heavy atom. The minimum atomic E-state index is -3.33. The molecule has 0 saturated heterocycles. The summed E-state index contributed by atoms with van der Waals surface area (Å²) < 4.78 is 26.4. The van der Waals surface area contributed by atoms with Crippen molar-refractivity contribution in [1.29, 1.82) is 0 Å². The van der Waals surface area contributed by atoms with Gasteiger partial charge in [0.1, 0.15) is 0 Å². The Morgan fingerprint density at radius 3 is 2.60 bits per heavy atom. The van der Waals surface area contributed by atoms with Gasteiger partial charge < -0.3 is 0 Å². The molecule has 2 rings (SSSR count). The van der Waals surface area contributed by atoms with Crippen LogP contribution < -0.4 is 4.72 Å². The molecule has 1 saturated carbocycles. The topological polar surface area (TPSA) is 46.2 Å². The van der Waals surface area contributed by atoms with Gasteiger partial charge in [-0.15, -0.1) is 12.6 Å². The van der Waals surface area contributed by atoms with Gasteiger partial charge >= 0.3 is 0 Å². The van der Waals surface area contributed by atoms with Crippen molar-refractivity contribution in [2.24, 2.45) is 0 Å². The van der Waals surface area contributed by atoms with Gasteiger partial charge in [0.05, 0.1) is 4.90 Å². The van der Waals surface area contributed by atoms with Crippen LogP contribution in [-0.2, 0) is 10.0 Å². The van der Waals surface area contributed by atoms with Crippen LogP contribution in [0.3, 0.4) is 0 Å². The van der Waals surface area contributed by atoms with Gasteiger partial charge in [0.15, 0.2) is 0 Å². The second kappa shape index (κ2) is 3.81. The molecule has 0 radical (unpaired) electrons. The number of benzene rings is 1. The summed E-state index contributed by atoms with van der Waals surface area (Å²) in [4.78, 5) is 1.13. The van der Waals surface area contributed by atoms with Crippen molar-refractivity contribution < 1.29 is 8.42 Å². The molecular weight excluding hydrogens is 230 g/mol. The van der Waals surface area contributed by atoms with Crippen LogP contribution in [0, 0.1) is 6.92 Å². The Labute approximate surface area is 95.4 Å². The van der Waals surface area contributed by atoms with Crippen LogP contribution in [0.5, 0.6) is 0 Å². The Morgan fingerprint density at radius 2 is 2.07 bits per heavy atom. The zero-order valence-electron chi connectivity index (χ0n) is 8.40. The quantitative estimate of drug-likeness (QED) is 0.794. The molecule has 82 valence electrons. The molecule has 5 heteroatoms. The third-order valence-electron chi connectivity index (χ3n) is 2.35. The van der Waals surface area contributed by atoms with Gasteiger partial charge in [0, 0.05) is 10.9 Å². The molecule has 0 bridgehead atoms. The van der Waals surface area contributed by atoms with Crippen LogP contribution in [0.1, 0.15) is 18.4 Å². The average Bonchev–Trinajstić information content (AvgIpc) is 2.86. The van der Waals surface area contributed by atoms with Crippen LogP contribution in [0.15, 0.2) is 28.0 Å². The molecule has 0 spiro atoms. The number of sulfonamides is 1. The van der Waals surface area contributed by atoms with Gasteiger partial charge in [-0.3, -0.25) is 0 Å². The van der Waals surface area contributed by atoms with Gasteiger partial charge in [-0.05, 0) is 43.5 Å². The maximum Gasteiger partial charge on any atom is 0.241 e. The van der Waals surface area contributed by atoms with Crippen molar-refractivity contribution in [2.45, 2.75) is 35.6 Å². The van der Waals surface area contributed by atoms with Crippen LogP contribution >= 0.6 is 12.6 Å². The van der Waals surface area contributed by atoms with Crippen molar-refractivity contribution >= 4 is 22.7 Å². The molecule has 0 heterocycles. The molecule has 1 aromatic rings. The highest BCUT2D eigenvalue weighted by Gasteiger charge is 2.28. The largest absolute Gasteiger partial charge is 0.241 e. The predicted octanol–water partition coefficient (Wildman–Crippen LogP) is 1.72. The fourth-order valence-corrected chi connectivity index (χ4v) is 3.22. The number of rotatable bonds is 3. The molecular formula is C10H13NO2S2. The summed E-state index contributed by atoms with van der Waals surface area (Å²) in [5.41, 5.74) is 0.732. The molecule has 0 amide bonds. The maximum absolute atomic E-state index is 11.9. The second-order valence-electron chi connectivity index (χ2n) is 3.85. The first-order chi connectivity index (χ1) is 6.99. The lowest BCUT2D eigenvalue weighted by Crippen LogP contribution is -2.26. The fraction of sp³-hybridized carbons (Fsp3) is 0.400. The summed E-state index contributed by atoms with van der Waals surface area (Å²) in [5, 5.41) is 0. The zero-order chi connectivity index (χ0) is 11.1. The molecule has 1 aliphatic rings. The minimum absolute atomic E-state index is 0.144. The lowest BCUT2D eigenvalue weighted by molar-refractivity contribution is 0.580. The summed E-state index contributed by atoms with van der Waals surface area (Å²) in [6.07, 6.45) is 1.89. The lowest BCUT2D eigenvalue weighted by atomic mass is 10.2. The van der Waals surface area contributed by atoms with E-state index in [0.717, 1.165) is 23.3 Å². The van der Waals surface area contributed by atoms with Crippen molar-refractivity contribution in [3.63, 3.8) is 0 Å². The molecule has 0 aromatic heterocycles. The Hall–Kier alpha value is -0.520. The third kappa shape index (κ3) is 2.53. The van der Waals surface area contributed by atoms with Crippen molar-refractivity contribution in [3.8, 4) is 0 Å². The molecule has 0 unspecified atom stereocenters. The number of thiol groups is 1. The number of hydrogen-bond acceptors (Lipinski definition) is 3. The molecule has 0 atom stereocenters. The second-order valence-corrected chi connectivity index (χ2v) is 6.04. The number of aryl methyl sites for hydroxylation is 1. The van der Waals surface area contributed by atoms with E-state index < -0.39 is 10.0 Å². The van der Waals surface area contributed by atoms with Gasteiger partial charge in [-0.2, -0.15) is 0 Å². The van der Waals surface area contributed by atoms with E-state index >= 15 is 0 Å². The molecule has 0 aliphatic heterocycles. The third-order valence-corrected chi connectivity index (χ3v) is 4.31. The molecule has 3 nitrogen and oxygen atoms in total.